The van der Waals surface area contributed by atoms with Crippen LogP contribution in [-0.2, 0) is 16.0 Å². The second-order valence-electron chi connectivity index (χ2n) is 4.64. The number of aliphatic carboxylic acids is 1. The standard InChI is InChI=1S/C14H19NO3/c16-14(17)13(10-12-4-2-1-3-5-12)11-15-6-8-18-9-7-15/h1-5,13H,6-11H2,(H,16,17). The molecule has 1 fully saturated rings. The lowest BCUT2D eigenvalue weighted by atomic mass is 9.99. The fourth-order valence-electron chi connectivity index (χ4n) is 2.22. The van der Waals surface area contributed by atoms with E-state index in [2.05, 4.69) is 4.90 Å². The summed E-state index contributed by atoms with van der Waals surface area (Å²) in [7, 11) is 0. The van der Waals surface area contributed by atoms with E-state index >= 15 is 0 Å². The summed E-state index contributed by atoms with van der Waals surface area (Å²) in [5.74, 6) is -1.06. The van der Waals surface area contributed by atoms with Crippen molar-refractivity contribution in [2.24, 2.45) is 5.92 Å². The molecule has 2 rings (SSSR count). The maximum atomic E-state index is 11.3. The Balaban J connectivity index is 1.93. The van der Waals surface area contributed by atoms with Crippen LogP contribution < -0.4 is 0 Å². The molecule has 1 aromatic carbocycles. The van der Waals surface area contributed by atoms with Gasteiger partial charge in [0.25, 0.3) is 0 Å². The van der Waals surface area contributed by atoms with Gasteiger partial charge in [-0.15, -0.1) is 0 Å². The van der Waals surface area contributed by atoms with Gasteiger partial charge in [0.15, 0.2) is 0 Å². The van der Waals surface area contributed by atoms with Gasteiger partial charge in [0.2, 0.25) is 0 Å². The van der Waals surface area contributed by atoms with Gasteiger partial charge in [0, 0.05) is 19.6 Å². The predicted molar refractivity (Wildman–Crippen MR) is 68.5 cm³/mol. The molecule has 1 unspecified atom stereocenters. The summed E-state index contributed by atoms with van der Waals surface area (Å²) in [6, 6.07) is 9.80. The minimum absolute atomic E-state index is 0.342. The molecule has 4 nitrogen and oxygen atoms in total. The van der Waals surface area contributed by atoms with Crippen LogP contribution in [0.25, 0.3) is 0 Å². The van der Waals surface area contributed by atoms with E-state index in [-0.39, 0.29) is 5.92 Å². The van der Waals surface area contributed by atoms with Crippen LogP contribution in [-0.4, -0.2) is 48.8 Å². The van der Waals surface area contributed by atoms with Crippen molar-refractivity contribution in [3.63, 3.8) is 0 Å². The van der Waals surface area contributed by atoms with Crippen LogP contribution in [0.3, 0.4) is 0 Å². The normalized spacial score (nSPS) is 18.4. The second-order valence-corrected chi connectivity index (χ2v) is 4.64. The average molecular weight is 249 g/mol. The number of hydrogen-bond donors (Lipinski definition) is 1. The molecule has 1 N–H and O–H groups in total. The Hall–Kier alpha value is -1.39. The molecule has 18 heavy (non-hydrogen) atoms. The highest BCUT2D eigenvalue weighted by atomic mass is 16.5. The molecule has 1 aliphatic rings. The zero-order valence-electron chi connectivity index (χ0n) is 10.4. The first-order chi connectivity index (χ1) is 8.75. The van der Waals surface area contributed by atoms with Gasteiger partial charge >= 0.3 is 5.97 Å². The first-order valence-corrected chi connectivity index (χ1v) is 6.32. The van der Waals surface area contributed by atoms with Crippen molar-refractivity contribution in [1.82, 2.24) is 4.90 Å². The molecule has 0 aliphatic carbocycles. The third-order valence-corrected chi connectivity index (χ3v) is 3.26. The van der Waals surface area contributed by atoms with Gasteiger partial charge < -0.3 is 9.84 Å². The summed E-state index contributed by atoms with van der Waals surface area (Å²) in [5.41, 5.74) is 1.08. The Bertz CT molecular complexity index is 374. The molecule has 1 saturated heterocycles. The molecule has 1 atom stereocenters. The van der Waals surface area contributed by atoms with Crippen molar-refractivity contribution in [3.05, 3.63) is 35.9 Å². The Labute approximate surface area is 107 Å². The van der Waals surface area contributed by atoms with Crippen LogP contribution in [0.2, 0.25) is 0 Å². The summed E-state index contributed by atoms with van der Waals surface area (Å²) < 4.78 is 5.27. The Kier molecular flexibility index (Phi) is 4.73. The van der Waals surface area contributed by atoms with Crippen molar-refractivity contribution in [1.29, 1.82) is 0 Å². The van der Waals surface area contributed by atoms with Crippen LogP contribution in [0.1, 0.15) is 5.56 Å². The monoisotopic (exact) mass is 249 g/mol. The van der Waals surface area contributed by atoms with E-state index in [4.69, 9.17) is 4.74 Å². The van der Waals surface area contributed by atoms with Crippen LogP contribution >= 0.6 is 0 Å². The molecule has 1 aliphatic heterocycles. The summed E-state index contributed by atoms with van der Waals surface area (Å²) in [6.07, 6.45) is 0.591. The molecular weight excluding hydrogens is 230 g/mol. The van der Waals surface area contributed by atoms with E-state index < -0.39 is 5.97 Å². The van der Waals surface area contributed by atoms with Crippen molar-refractivity contribution in [3.8, 4) is 0 Å². The number of carboxylic acids is 1. The molecule has 1 aromatic rings. The number of ether oxygens (including phenoxy) is 1. The fourth-order valence-corrected chi connectivity index (χ4v) is 2.22. The van der Waals surface area contributed by atoms with Crippen molar-refractivity contribution < 1.29 is 14.6 Å². The van der Waals surface area contributed by atoms with E-state index in [0.29, 0.717) is 26.2 Å². The molecule has 0 spiro atoms. The van der Waals surface area contributed by atoms with E-state index in [0.717, 1.165) is 18.7 Å². The number of benzene rings is 1. The number of morpholine rings is 1. The van der Waals surface area contributed by atoms with Crippen LogP contribution in [0.15, 0.2) is 30.3 Å². The lowest BCUT2D eigenvalue weighted by molar-refractivity contribution is -0.142. The molecule has 98 valence electrons. The van der Waals surface area contributed by atoms with Crippen LogP contribution in [0, 0.1) is 5.92 Å². The highest BCUT2D eigenvalue weighted by Gasteiger charge is 2.22. The SMILES string of the molecule is O=C(O)C(Cc1ccccc1)CN1CCOCC1. The van der Waals surface area contributed by atoms with Gasteiger partial charge in [-0.3, -0.25) is 9.69 Å². The van der Waals surface area contributed by atoms with Gasteiger partial charge in [-0.2, -0.15) is 0 Å². The Morgan fingerprint density at radius 2 is 1.94 bits per heavy atom. The Morgan fingerprint density at radius 1 is 1.28 bits per heavy atom. The molecule has 4 heteroatoms. The molecular formula is C14H19NO3. The number of rotatable bonds is 5. The first kappa shape index (κ1) is 13.1. The van der Waals surface area contributed by atoms with Crippen molar-refractivity contribution >= 4 is 5.97 Å². The maximum absolute atomic E-state index is 11.3. The van der Waals surface area contributed by atoms with Gasteiger partial charge in [0.1, 0.15) is 0 Å². The predicted octanol–water partition coefficient (Wildman–Crippen LogP) is 1.26. The quantitative estimate of drug-likeness (QED) is 0.853. The largest absolute Gasteiger partial charge is 0.481 e. The molecule has 0 saturated carbocycles. The van der Waals surface area contributed by atoms with Crippen LogP contribution in [0.4, 0.5) is 0 Å². The summed E-state index contributed by atoms with van der Waals surface area (Å²) in [4.78, 5) is 13.5. The highest BCUT2D eigenvalue weighted by molar-refractivity contribution is 5.70. The average Bonchev–Trinajstić information content (AvgIpc) is 2.40. The number of carboxylic acid groups (broad SMARTS) is 1. The number of hydrogen-bond acceptors (Lipinski definition) is 3. The van der Waals surface area contributed by atoms with E-state index in [1.165, 1.54) is 0 Å². The molecule has 0 amide bonds. The van der Waals surface area contributed by atoms with Gasteiger partial charge in [-0.1, -0.05) is 30.3 Å². The summed E-state index contributed by atoms with van der Waals surface area (Å²) >= 11 is 0. The number of carbonyl (C=O) groups is 1. The van der Waals surface area contributed by atoms with Gasteiger partial charge in [0.05, 0.1) is 19.1 Å². The van der Waals surface area contributed by atoms with Gasteiger partial charge in [-0.25, -0.2) is 0 Å². The lowest BCUT2D eigenvalue weighted by Gasteiger charge is -2.29. The third kappa shape index (κ3) is 3.82. The second kappa shape index (κ2) is 6.52. The highest BCUT2D eigenvalue weighted by Crippen LogP contribution is 2.12. The molecule has 1 heterocycles. The first-order valence-electron chi connectivity index (χ1n) is 6.32. The topological polar surface area (TPSA) is 49.8 Å². The molecule has 0 aromatic heterocycles. The third-order valence-electron chi connectivity index (χ3n) is 3.26. The lowest BCUT2D eigenvalue weighted by Crippen LogP contribution is -2.41. The maximum Gasteiger partial charge on any atom is 0.308 e. The van der Waals surface area contributed by atoms with Crippen LogP contribution in [0.5, 0.6) is 0 Å². The van der Waals surface area contributed by atoms with E-state index in [9.17, 15) is 9.90 Å². The Morgan fingerprint density at radius 3 is 2.56 bits per heavy atom. The zero-order valence-corrected chi connectivity index (χ0v) is 10.4. The smallest absolute Gasteiger partial charge is 0.308 e. The summed E-state index contributed by atoms with van der Waals surface area (Å²) in [5, 5.41) is 9.31. The fraction of sp³-hybridized carbons (Fsp3) is 0.500. The summed E-state index contributed by atoms with van der Waals surface area (Å²) in [6.45, 7) is 3.68. The van der Waals surface area contributed by atoms with E-state index in [1.807, 2.05) is 30.3 Å². The minimum Gasteiger partial charge on any atom is -0.481 e. The number of nitrogens with zero attached hydrogens (tertiary/aromatic N) is 1. The van der Waals surface area contributed by atoms with Gasteiger partial charge in [-0.05, 0) is 12.0 Å². The minimum atomic E-state index is -0.717. The molecule has 0 bridgehead atoms. The van der Waals surface area contributed by atoms with E-state index in [1.54, 1.807) is 0 Å². The molecule has 0 radical (unpaired) electrons. The zero-order chi connectivity index (χ0) is 12.8. The van der Waals surface area contributed by atoms with Crippen molar-refractivity contribution in [2.75, 3.05) is 32.8 Å². The van der Waals surface area contributed by atoms with Crippen molar-refractivity contribution in [2.45, 2.75) is 6.42 Å².